The monoisotopic (exact) mass is 257 g/mol. The molecular formula is C12H27N5O. The Morgan fingerprint density at radius 3 is 2.72 bits per heavy atom. The van der Waals surface area contributed by atoms with Gasteiger partial charge in [0.25, 0.3) is 0 Å². The lowest BCUT2D eigenvalue weighted by atomic mass is 9.97. The van der Waals surface area contributed by atoms with Crippen LogP contribution in [0.5, 0.6) is 0 Å². The molecule has 0 aliphatic carbocycles. The minimum atomic E-state index is 0.197. The maximum Gasteiger partial charge on any atom is 0.206 e. The lowest BCUT2D eigenvalue weighted by Crippen LogP contribution is -2.47. The predicted octanol–water partition coefficient (Wildman–Crippen LogP) is -0.228. The largest absolute Gasteiger partial charge is 0.383 e. The van der Waals surface area contributed by atoms with Crippen LogP contribution in [0.25, 0.3) is 0 Å². The van der Waals surface area contributed by atoms with E-state index >= 15 is 0 Å². The molecule has 0 amide bonds. The highest BCUT2D eigenvalue weighted by molar-refractivity contribution is 5.79. The zero-order valence-corrected chi connectivity index (χ0v) is 11.8. The van der Waals surface area contributed by atoms with Gasteiger partial charge in [-0.05, 0) is 45.8 Å². The Kier molecular flexibility index (Phi) is 7.00. The van der Waals surface area contributed by atoms with Crippen LogP contribution in [0.3, 0.4) is 0 Å². The molecule has 1 heterocycles. The number of nitrogens with two attached hydrogens (primary N) is 1. The summed E-state index contributed by atoms with van der Waals surface area (Å²) in [5.41, 5.74) is 2.61. The van der Waals surface area contributed by atoms with Crippen LogP contribution in [-0.2, 0) is 4.74 Å². The van der Waals surface area contributed by atoms with Crippen LogP contribution >= 0.6 is 0 Å². The van der Waals surface area contributed by atoms with Crippen LogP contribution in [0.2, 0.25) is 0 Å². The number of likely N-dealkylation sites (tertiary alicyclic amines) is 1. The van der Waals surface area contributed by atoms with E-state index in [1.165, 1.54) is 25.9 Å². The maximum absolute atomic E-state index is 5.46. The first-order chi connectivity index (χ1) is 8.65. The first kappa shape index (κ1) is 15.2. The van der Waals surface area contributed by atoms with E-state index in [4.69, 9.17) is 10.6 Å². The number of hydrazine groups is 1. The Balaban J connectivity index is 2.33. The molecule has 18 heavy (non-hydrogen) atoms. The summed E-state index contributed by atoms with van der Waals surface area (Å²) < 4.78 is 5.06. The van der Waals surface area contributed by atoms with Crippen LogP contribution in [0.4, 0.5) is 0 Å². The number of nitrogens with one attached hydrogen (secondary N) is 2. The number of methoxy groups -OCH3 is 1. The van der Waals surface area contributed by atoms with Crippen molar-refractivity contribution in [3.63, 3.8) is 0 Å². The second-order valence-electron chi connectivity index (χ2n) is 5.08. The SMILES string of the molecule is COCC(C)NC(=NCC1CCN(C)CC1)NN. The Hall–Kier alpha value is -0.850. The summed E-state index contributed by atoms with van der Waals surface area (Å²) in [5, 5.41) is 3.19. The Labute approximate surface area is 110 Å². The van der Waals surface area contributed by atoms with Crippen molar-refractivity contribution in [2.45, 2.75) is 25.8 Å². The molecule has 0 saturated carbocycles. The number of rotatable bonds is 5. The third-order valence-corrected chi connectivity index (χ3v) is 3.28. The molecule has 6 nitrogen and oxygen atoms in total. The Morgan fingerprint density at radius 1 is 1.50 bits per heavy atom. The van der Waals surface area contributed by atoms with E-state index in [9.17, 15) is 0 Å². The fourth-order valence-electron chi connectivity index (χ4n) is 2.12. The van der Waals surface area contributed by atoms with Crippen molar-refractivity contribution in [2.24, 2.45) is 16.8 Å². The summed E-state index contributed by atoms with van der Waals surface area (Å²) in [5.74, 6) is 6.78. The normalized spacial score (nSPS) is 20.8. The zero-order chi connectivity index (χ0) is 13.4. The molecule has 4 N–H and O–H groups in total. The smallest absolute Gasteiger partial charge is 0.206 e. The fourth-order valence-corrected chi connectivity index (χ4v) is 2.12. The summed E-state index contributed by atoms with van der Waals surface area (Å²) in [4.78, 5) is 6.87. The van der Waals surface area contributed by atoms with E-state index in [0.29, 0.717) is 18.5 Å². The summed E-state index contributed by atoms with van der Waals surface area (Å²) in [6.07, 6.45) is 2.43. The van der Waals surface area contributed by atoms with E-state index in [-0.39, 0.29) is 6.04 Å². The fraction of sp³-hybridized carbons (Fsp3) is 0.917. The van der Waals surface area contributed by atoms with Crippen LogP contribution < -0.4 is 16.6 Å². The number of guanidine groups is 1. The quantitative estimate of drug-likeness (QED) is 0.275. The molecule has 1 saturated heterocycles. The average Bonchev–Trinajstić information content (AvgIpc) is 2.36. The van der Waals surface area contributed by atoms with Crippen LogP contribution in [-0.4, -0.2) is 57.3 Å². The van der Waals surface area contributed by atoms with Gasteiger partial charge in [0.05, 0.1) is 6.61 Å². The van der Waals surface area contributed by atoms with Gasteiger partial charge < -0.3 is 15.0 Å². The van der Waals surface area contributed by atoms with Gasteiger partial charge >= 0.3 is 0 Å². The van der Waals surface area contributed by atoms with Crippen molar-refractivity contribution in [1.82, 2.24) is 15.6 Å². The molecular weight excluding hydrogens is 230 g/mol. The minimum Gasteiger partial charge on any atom is -0.383 e. The lowest BCUT2D eigenvalue weighted by Gasteiger charge is -2.28. The number of ether oxygens (including phenoxy) is 1. The van der Waals surface area contributed by atoms with E-state index in [1.807, 2.05) is 6.92 Å². The van der Waals surface area contributed by atoms with Gasteiger partial charge in [-0.2, -0.15) is 0 Å². The van der Waals surface area contributed by atoms with Crippen LogP contribution in [0.15, 0.2) is 4.99 Å². The van der Waals surface area contributed by atoms with Crippen molar-refractivity contribution in [3.8, 4) is 0 Å². The molecule has 1 rings (SSSR count). The lowest BCUT2D eigenvalue weighted by molar-refractivity contribution is 0.179. The van der Waals surface area contributed by atoms with Gasteiger partial charge in [-0.15, -0.1) is 0 Å². The third-order valence-electron chi connectivity index (χ3n) is 3.28. The van der Waals surface area contributed by atoms with Gasteiger partial charge in [0.1, 0.15) is 0 Å². The van der Waals surface area contributed by atoms with Gasteiger partial charge in [0.15, 0.2) is 0 Å². The van der Waals surface area contributed by atoms with Gasteiger partial charge in [0, 0.05) is 19.7 Å². The highest BCUT2D eigenvalue weighted by Gasteiger charge is 2.16. The molecule has 6 heteroatoms. The molecule has 106 valence electrons. The number of piperidine rings is 1. The van der Waals surface area contributed by atoms with Crippen molar-refractivity contribution in [3.05, 3.63) is 0 Å². The summed E-state index contributed by atoms with van der Waals surface area (Å²) >= 11 is 0. The van der Waals surface area contributed by atoms with Gasteiger partial charge in [-0.3, -0.25) is 10.4 Å². The summed E-state index contributed by atoms with van der Waals surface area (Å²) in [7, 11) is 3.85. The molecule has 0 spiro atoms. The predicted molar refractivity (Wildman–Crippen MR) is 74.3 cm³/mol. The second-order valence-corrected chi connectivity index (χ2v) is 5.08. The first-order valence-corrected chi connectivity index (χ1v) is 6.60. The average molecular weight is 257 g/mol. The van der Waals surface area contributed by atoms with Crippen molar-refractivity contribution < 1.29 is 4.74 Å². The van der Waals surface area contributed by atoms with Crippen molar-refractivity contribution in [2.75, 3.05) is 40.4 Å². The van der Waals surface area contributed by atoms with Crippen LogP contribution in [0, 0.1) is 5.92 Å². The summed E-state index contributed by atoms with van der Waals surface area (Å²) in [6.45, 7) is 5.83. The van der Waals surface area contributed by atoms with Gasteiger partial charge in [0.2, 0.25) is 5.96 Å². The second kappa shape index (κ2) is 8.29. The van der Waals surface area contributed by atoms with Crippen LogP contribution in [0.1, 0.15) is 19.8 Å². The molecule has 0 aromatic rings. The number of aliphatic imine (C=N–C) groups is 1. The minimum absolute atomic E-state index is 0.197. The van der Waals surface area contributed by atoms with E-state index in [2.05, 4.69) is 27.7 Å². The molecule has 1 atom stereocenters. The highest BCUT2D eigenvalue weighted by atomic mass is 16.5. The third kappa shape index (κ3) is 5.66. The van der Waals surface area contributed by atoms with Gasteiger partial charge in [-0.1, -0.05) is 0 Å². The molecule has 1 aliphatic heterocycles. The van der Waals surface area contributed by atoms with Crippen molar-refractivity contribution >= 4 is 5.96 Å². The molecule has 0 bridgehead atoms. The van der Waals surface area contributed by atoms with Crippen molar-refractivity contribution in [1.29, 1.82) is 0 Å². The molecule has 1 unspecified atom stereocenters. The maximum atomic E-state index is 5.46. The first-order valence-electron chi connectivity index (χ1n) is 6.60. The molecule has 0 radical (unpaired) electrons. The number of hydrogen-bond acceptors (Lipinski definition) is 4. The highest BCUT2D eigenvalue weighted by Crippen LogP contribution is 2.15. The van der Waals surface area contributed by atoms with E-state index < -0.39 is 0 Å². The molecule has 0 aromatic carbocycles. The standard InChI is InChI=1S/C12H27N5O/c1-10(9-18-3)15-12(16-13)14-8-11-4-6-17(2)7-5-11/h10-11H,4-9,13H2,1-3H3,(H2,14,15,16). The summed E-state index contributed by atoms with van der Waals surface area (Å²) in [6, 6.07) is 0.197. The van der Waals surface area contributed by atoms with Gasteiger partial charge in [-0.25, -0.2) is 5.84 Å². The molecule has 1 aliphatic rings. The Bertz CT molecular complexity index is 251. The molecule has 1 fully saturated rings. The topological polar surface area (TPSA) is 74.9 Å². The number of nitrogens with zero attached hydrogens (tertiary/aromatic N) is 2. The van der Waals surface area contributed by atoms with E-state index in [0.717, 1.165) is 6.54 Å². The zero-order valence-electron chi connectivity index (χ0n) is 11.8. The number of hydrogen-bond donors (Lipinski definition) is 3. The Morgan fingerprint density at radius 2 is 2.17 bits per heavy atom. The molecule has 0 aromatic heterocycles. The van der Waals surface area contributed by atoms with E-state index in [1.54, 1.807) is 7.11 Å².